The zero-order valence-electron chi connectivity index (χ0n) is 39.1. The van der Waals surface area contributed by atoms with Crippen LogP contribution in [-0.2, 0) is 19.5 Å². The Balaban J connectivity index is 0.00000196. The minimum atomic E-state index is 0. The fraction of sp³-hybridized carbons (Fsp3) is 0.224. The molecule has 3 aromatic heterocycles. The molecule has 4 nitrogen and oxygen atoms in total. The normalized spacial score (nSPS) is 11.7. The van der Waals surface area contributed by atoms with Crippen molar-refractivity contribution in [1.29, 1.82) is 0 Å². The van der Waals surface area contributed by atoms with Gasteiger partial charge < -0.3 is 16.9 Å². The van der Waals surface area contributed by atoms with Gasteiger partial charge in [-0.2, -0.15) is 6.92 Å². The van der Waals surface area contributed by atoms with Crippen molar-refractivity contribution < 1.29 is 19.5 Å². The number of aromatic nitrogens is 4. The third-order valence-electron chi connectivity index (χ3n) is 12.3. The molecule has 8 bridgehead atoms. The van der Waals surface area contributed by atoms with Crippen LogP contribution in [0.5, 0.6) is 0 Å². The van der Waals surface area contributed by atoms with Gasteiger partial charge in [0.25, 0.3) is 0 Å². The predicted molar refractivity (Wildman–Crippen MR) is 266 cm³/mol. The van der Waals surface area contributed by atoms with Crippen molar-refractivity contribution >= 4 is 46.4 Å². The number of fused-ring (bicyclic) bond motifs is 8. The average Bonchev–Trinajstić information content (AvgIpc) is 4.03. The first-order chi connectivity index (χ1) is 29.7. The number of rotatable bonds is 4. The maximum atomic E-state index is 5.59. The zero-order chi connectivity index (χ0) is 44.3. The van der Waals surface area contributed by atoms with E-state index in [1.807, 2.05) is 0 Å². The molecule has 7 aromatic rings. The minimum absolute atomic E-state index is 0. The number of hydrogen-bond acceptors (Lipinski definition) is 2. The topological polar surface area (TPSA) is 54.0 Å². The van der Waals surface area contributed by atoms with E-state index in [4.69, 9.17) is 19.9 Å². The summed E-state index contributed by atoms with van der Waals surface area (Å²) >= 11 is 0. The molecule has 2 aliphatic heterocycles. The van der Waals surface area contributed by atoms with E-state index >= 15 is 0 Å². The van der Waals surface area contributed by atoms with Crippen molar-refractivity contribution in [3.63, 3.8) is 0 Å². The van der Waals surface area contributed by atoms with Crippen LogP contribution in [0.2, 0.25) is 0 Å². The SMILES string of the molecule is Cc1cc(C)c(-c2c3nc(c(-c4c(C)cc(C)cc4C)c4ccc([n-]4)c(-c4c(C)cc(C)cc4C)c4nc(c(-c5c(C)cc(C)cc5C)c5ccc2[n-]5)C=C4)C=C3)c(C)c1.[CH2-]C.[Rh+3]. The molecule has 0 unspecified atom stereocenters. The average molecular weight is 913 g/mol. The summed E-state index contributed by atoms with van der Waals surface area (Å²) in [6.07, 6.45) is 8.72. The van der Waals surface area contributed by atoms with E-state index in [1.165, 1.54) is 66.8 Å². The van der Waals surface area contributed by atoms with Gasteiger partial charge in [-0.25, -0.2) is 9.97 Å². The summed E-state index contributed by atoms with van der Waals surface area (Å²) in [5, 5.41) is 0. The van der Waals surface area contributed by atoms with Gasteiger partial charge in [-0.15, -0.1) is 22.1 Å². The minimum Gasteiger partial charge on any atom is -0.657 e. The van der Waals surface area contributed by atoms with E-state index < -0.39 is 0 Å². The largest absolute Gasteiger partial charge is 3.00 e. The Morgan fingerprint density at radius 3 is 0.651 bits per heavy atom. The first kappa shape index (κ1) is 45.1. The summed E-state index contributed by atoms with van der Waals surface area (Å²) < 4.78 is 0. The Bertz CT molecular complexity index is 2710. The zero-order valence-corrected chi connectivity index (χ0v) is 40.7. The molecule has 0 atom stereocenters. The van der Waals surface area contributed by atoms with E-state index in [1.54, 1.807) is 6.92 Å². The molecule has 5 heterocycles. The number of nitrogens with zero attached hydrogens (tertiary/aromatic N) is 4. The summed E-state index contributed by atoms with van der Waals surface area (Å²) in [7, 11) is 0. The molecule has 0 N–H and O–H groups in total. The Morgan fingerprint density at radius 2 is 0.476 bits per heavy atom. The first-order valence-electron chi connectivity index (χ1n) is 21.8. The molecule has 0 radical (unpaired) electrons. The van der Waals surface area contributed by atoms with E-state index in [0.717, 1.165) is 89.4 Å². The monoisotopic (exact) mass is 912 g/mol. The maximum Gasteiger partial charge on any atom is 3.00 e. The van der Waals surface area contributed by atoms with Crippen LogP contribution in [0.3, 0.4) is 0 Å². The van der Waals surface area contributed by atoms with Crippen LogP contribution in [0.15, 0.2) is 72.8 Å². The Hall–Kier alpha value is -5.90. The summed E-state index contributed by atoms with van der Waals surface area (Å²) in [6.45, 7) is 31.3. The summed E-state index contributed by atoms with van der Waals surface area (Å²) in [4.78, 5) is 22.4. The molecule has 318 valence electrons. The molecule has 0 amide bonds. The van der Waals surface area contributed by atoms with Gasteiger partial charge >= 0.3 is 19.5 Å². The summed E-state index contributed by atoms with van der Waals surface area (Å²) in [5.74, 6) is 0. The van der Waals surface area contributed by atoms with Crippen molar-refractivity contribution in [3.8, 4) is 44.5 Å². The van der Waals surface area contributed by atoms with E-state index in [2.05, 4.69) is 187 Å². The van der Waals surface area contributed by atoms with E-state index in [0.29, 0.717) is 0 Å². The molecule has 0 aliphatic carbocycles. The Labute approximate surface area is 387 Å². The molecular weight excluding hydrogens is 856 g/mol. The van der Waals surface area contributed by atoms with Crippen LogP contribution in [0.25, 0.3) is 90.9 Å². The van der Waals surface area contributed by atoms with Crippen molar-refractivity contribution in [2.45, 2.75) is 90.0 Å². The smallest absolute Gasteiger partial charge is 0.657 e. The van der Waals surface area contributed by atoms with Crippen LogP contribution in [0, 0.1) is 90.0 Å². The molecule has 0 saturated heterocycles. The first-order valence-corrected chi connectivity index (χ1v) is 21.8. The molecule has 0 saturated carbocycles. The van der Waals surface area contributed by atoms with Gasteiger partial charge in [-0.05, 0) is 196 Å². The van der Waals surface area contributed by atoms with Crippen molar-refractivity contribution in [2.75, 3.05) is 0 Å². The van der Waals surface area contributed by atoms with Gasteiger partial charge in [0, 0.05) is 0 Å². The Kier molecular flexibility index (Phi) is 12.7. The van der Waals surface area contributed by atoms with Crippen LogP contribution < -0.4 is 9.97 Å². The molecule has 2 aliphatic rings. The van der Waals surface area contributed by atoms with Crippen molar-refractivity contribution in [3.05, 3.63) is 169 Å². The van der Waals surface area contributed by atoms with Crippen molar-refractivity contribution in [1.82, 2.24) is 19.9 Å². The van der Waals surface area contributed by atoms with Crippen LogP contribution in [-0.4, -0.2) is 9.97 Å². The molecule has 4 aromatic carbocycles. The fourth-order valence-corrected chi connectivity index (χ4v) is 10.4. The third kappa shape index (κ3) is 8.13. The fourth-order valence-electron chi connectivity index (χ4n) is 10.4. The second kappa shape index (κ2) is 17.7. The standard InChI is InChI=1S/C56H52N4.C2H5.Rh/c1-29-21-33(5)49(34(6)22-29)53-41-13-15-43(57-41)54(50-35(7)23-30(2)24-36(50)8)45-17-19-47(59-45)56(52-39(11)27-32(4)28-40(52)12)48-20-18-46(60-48)55(44-16-14-42(53)58-44)51-37(9)25-31(3)26-38(51)10;1-2;/h13-28H,1-12H3;1H2,2H3;/q-2;-1;+3. The summed E-state index contributed by atoms with van der Waals surface area (Å²) in [5.41, 5.74) is 30.4. The van der Waals surface area contributed by atoms with Crippen LogP contribution >= 0.6 is 0 Å². The number of aryl methyl sites for hydroxylation is 12. The maximum absolute atomic E-state index is 5.59. The molecule has 9 rings (SSSR count). The van der Waals surface area contributed by atoms with Crippen LogP contribution in [0.1, 0.15) is 96.5 Å². The van der Waals surface area contributed by atoms with Gasteiger partial charge in [0.1, 0.15) is 0 Å². The van der Waals surface area contributed by atoms with E-state index in [-0.39, 0.29) is 19.5 Å². The molecule has 0 fully saturated rings. The number of hydrogen-bond donors (Lipinski definition) is 0. The van der Waals surface area contributed by atoms with Gasteiger partial charge in [-0.1, -0.05) is 95.1 Å². The van der Waals surface area contributed by atoms with E-state index in [9.17, 15) is 0 Å². The summed E-state index contributed by atoms with van der Waals surface area (Å²) in [6, 6.07) is 26.9. The quantitative estimate of drug-likeness (QED) is 0.130. The predicted octanol–water partition coefficient (Wildman–Crippen LogP) is 15.1. The third-order valence-corrected chi connectivity index (χ3v) is 12.3. The van der Waals surface area contributed by atoms with Gasteiger partial charge in [0.2, 0.25) is 0 Å². The van der Waals surface area contributed by atoms with Gasteiger partial charge in [0.15, 0.2) is 0 Å². The Morgan fingerprint density at radius 1 is 0.302 bits per heavy atom. The van der Waals surface area contributed by atoms with Crippen molar-refractivity contribution in [2.24, 2.45) is 0 Å². The molecule has 5 heteroatoms. The molecular formula is C58H57N4Rh. The molecule has 0 spiro atoms. The second-order valence-corrected chi connectivity index (χ2v) is 17.5. The second-order valence-electron chi connectivity index (χ2n) is 17.5. The van der Waals surface area contributed by atoms with Gasteiger partial charge in [-0.3, -0.25) is 0 Å². The van der Waals surface area contributed by atoms with Crippen LogP contribution in [0.4, 0.5) is 0 Å². The number of benzene rings is 4. The molecule has 63 heavy (non-hydrogen) atoms. The van der Waals surface area contributed by atoms with Gasteiger partial charge in [0.05, 0.1) is 22.8 Å².